The zero-order chi connectivity index (χ0) is 13.1. The average Bonchev–Trinajstić information content (AvgIpc) is 2.45. The van der Waals surface area contributed by atoms with Crippen LogP contribution in [0.25, 0.3) is 0 Å². The molecular weight excluding hydrogens is 234 g/mol. The second-order valence-corrected chi connectivity index (χ2v) is 5.11. The van der Waals surface area contributed by atoms with Crippen LogP contribution in [0.1, 0.15) is 42.0 Å². The van der Waals surface area contributed by atoms with E-state index in [9.17, 15) is 0 Å². The summed E-state index contributed by atoms with van der Waals surface area (Å²) in [5, 5.41) is 3.65. The fourth-order valence-electron chi connectivity index (χ4n) is 2.86. The van der Waals surface area contributed by atoms with E-state index in [0.29, 0.717) is 12.0 Å². The third-order valence-corrected chi connectivity index (χ3v) is 3.85. The molecule has 0 saturated carbocycles. The first-order chi connectivity index (χ1) is 9.40. The maximum atomic E-state index is 4.16. The van der Waals surface area contributed by atoms with Gasteiger partial charge in [0.2, 0.25) is 0 Å². The molecule has 1 aromatic heterocycles. The molecule has 0 spiro atoms. The predicted molar refractivity (Wildman–Crippen MR) is 76.0 cm³/mol. The van der Waals surface area contributed by atoms with Crippen molar-refractivity contribution < 1.29 is 0 Å². The van der Waals surface area contributed by atoms with Gasteiger partial charge in [-0.3, -0.25) is 0 Å². The van der Waals surface area contributed by atoms with Gasteiger partial charge in [0.15, 0.2) is 0 Å². The van der Waals surface area contributed by atoms with Crippen molar-refractivity contribution in [2.24, 2.45) is 0 Å². The molecule has 2 aromatic rings. The molecule has 1 heterocycles. The standard InChI is InChI=1S/C16H19N3/c1-2-7-19-16(13-9-17-11-18-10-13)15-8-12-5-3-4-6-14(12)15/h3-6,9-11,15-16,19H,2,7-8H2,1H3. The normalized spacial score (nSPS) is 18.5. The number of nitrogens with zero attached hydrogens (tertiary/aromatic N) is 2. The van der Waals surface area contributed by atoms with Crippen LogP contribution in [0, 0.1) is 0 Å². The van der Waals surface area contributed by atoms with Gasteiger partial charge in [0.05, 0.1) is 0 Å². The largest absolute Gasteiger partial charge is 0.309 e. The Morgan fingerprint density at radius 2 is 2.05 bits per heavy atom. The molecule has 1 aliphatic carbocycles. The molecule has 0 bridgehead atoms. The van der Waals surface area contributed by atoms with E-state index in [1.165, 1.54) is 16.7 Å². The quantitative estimate of drug-likeness (QED) is 0.890. The highest BCUT2D eigenvalue weighted by Crippen LogP contribution is 2.43. The molecule has 0 amide bonds. The summed E-state index contributed by atoms with van der Waals surface area (Å²) in [6.45, 7) is 3.22. The third kappa shape index (κ3) is 2.38. The predicted octanol–water partition coefficient (Wildman–Crippen LogP) is 2.86. The van der Waals surface area contributed by atoms with E-state index in [0.717, 1.165) is 19.4 Å². The van der Waals surface area contributed by atoms with Crippen LogP contribution in [-0.2, 0) is 6.42 Å². The van der Waals surface area contributed by atoms with E-state index in [1.807, 2.05) is 12.4 Å². The van der Waals surface area contributed by atoms with Crippen LogP contribution in [0.3, 0.4) is 0 Å². The van der Waals surface area contributed by atoms with Crippen molar-refractivity contribution >= 4 is 0 Å². The van der Waals surface area contributed by atoms with E-state index in [1.54, 1.807) is 6.33 Å². The molecule has 3 heteroatoms. The molecule has 3 nitrogen and oxygen atoms in total. The molecule has 2 atom stereocenters. The lowest BCUT2D eigenvalue weighted by molar-refractivity contribution is 0.410. The molecule has 0 fully saturated rings. The number of aromatic nitrogens is 2. The van der Waals surface area contributed by atoms with Gasteiger partial charge in [-0.25, -0.2) is 9.97 Å². The van der Waals surface area contributed by atoms with Gasteiger partial charge in [0.25, 0.3) is 0 Å². The van der Waals surface area contributed by atoms with E-state index < -0.39 is 0 Å². The SMILES string of the molecule is CCCNC(c1cncnc1)C1Cc2ccccc21. The van der Waals surface area contributed by atoms with Crippen LogP contribution >= 0.6 is 0 Å². The van der Waals surface area contributed by atoms with Crippen molar-refractivity contribution in [1.82, 2.24) is 15.3 Å². The molecule has 3 rings (SSSR count). The van der Waals surface area contributed by atoms with Gasteiger partial charge in [-0.15, -0.1) is 0 Å². The highest BCUT2D eigenvalue weighted by molar-refractivity contribution is 5.42. The Labute approximate surface area is 114 Å². The topological polar surface area (TPSA) is 37.8 Å². The Hall–Kier alpha value is -1.74. The van der Waals surface area contributed by atoms with Crippen molar-refractivity contribution in [2.75, 3.05) is 6.54 Å². The lowest BCUT2D eigenvalue weighted by atomic mass is 9.72. The zero-order valence-electron chi connectivity index (χ0n) is 11.2. The van der Waals surface area contributed by atoms with Crippen LogP contribution in [0.4, 0.5) is 0 Å². The first-order valence-electron chi connectivity index (χ1n) is 6.96. The number of rotatable bonds is 5. The van der Waals surface area contributed by atoms with Crippen LogP contribution in [0.5, 0.6) is 0 Å². The van der Waals surface area contributed by atoms with Gasteiger partial charge in [0, 0.05) is 29.9 Å². The van der Waals surface area contributed by atoms with E-state index in [4.69, 9.17) is 0 Å². The minimum Gasteiger partial charge on any atom is -0.309 e. The molecule has 2 unspecified atom stereocenters. The van der Waals surface area contributed by atoms with Gasteiger partial charge in [-0.1, -0.05) is 31.2 Å². The molecule has 0 saturated heterocycles. The maximum absolute atomic E-state index is 4.16. The Kier molecular flexibility index (Phi) is 3.56. The zero-order valence-corrected chi connectivity index (χ0v) is 11.2. The first-order valence-corrected chi connectivity index (χ1v) is 6.96. The number of nitrogens with one attached hydrogen (secondary N) is 1. The minimum atomic E-state index is 0.330. The van der Waals surface area contributed by atoms with Crippen LogP contribution in [0.2, 0.25) is 0 Å². The molecule has 98 valence electrons. The van der Waals surface area contributed by atoms with Crippen molar-refractivity contribution in [2.45, 2.75) is 31.7 Å². The molecule has 0 radical (unpaired) electrons. The van der Waals surface area contributed by atoms with E-state index >= 15 is 0 Å². The van der Waals surface area contributed by atoms with Gasteiger partial charge < -0.3 is 5.32 Å². The monoisotopic (exact) mass is 253 g/mol. The summed E-state index contributed by atoms with van der Waals surface area (Å²) in [6.07, 6.45) is 7.74. The van der Waals surface area contributed by atoms with Crippen LogP contribution < -0.4 is 5.32 Å². The summed E-state index contributed by atoms with van der Waals surface area (Å²) in [6, 6.07) is 9.05. The van der Waals surface area contributed by atoms with Gasteiger partial charge in [-0.2, -0.15) is 0 Å². The third-order valence-electron chi connectivity index (χ3n) is 3.85. The second-order valence-electron chi connectivity index (χ2n) is 5.11. The van der Waals surface area contributed by atoms with Crippen molar-refractivity contribution in [1.29, 1.82) is 0 Å². The van der Waals surface area contributed by atoms with Crippen molar-refractivity contribution in [3.63, 3.8) is 0 Å². The first kappa shape index (κ1) is 12.3. The van der Waals surface area contributed by atoms with Gasteiger partial charge in [-0.05, 0) is 30.5 Å². The minimum absolute atomic E-state index is 0.330. The fourth-order valence-corrected chi connectivity index (χ4v) is 2.86. The number of benzene rings is 1. The molecule has 1 aliphatic rings. The maximum Gasteiger partial charge on any atom is 0.115 e. The number of fused-ring (bicyclic) bond motifs is 1. The highest BCUT2D eigenvalue weighted by Gasteiger charge is 2.33. The average molecular weight is 253 g/mol. The Morgan fingerprint density at radius 3 is 2.79 bits per heavy atom. The van der Waals surface area contributed by atoms with Gasteiger partial charge in [0.1, 0.15) is 6.33 Å². The summed E-state index contributed by atoms with van der Waals surface area (Å²) >= 11 is 0. The summed E-state index contributed by atoms with van der Waals surface area (Å²) in [5.41, 5.74) is 4.14. The number of hydrogen-bond donors (Lipinski definition) is 1. The Morgan fingerprint density at radius 1 is 1.26 bits per heavy atom. The summed E-state index contributed by atoms with van der Waals surface area (Å²) in [4.78, 5) is 8.32. The Balaban J connectivity index is 1.85. The smallest absolute Gasteiger partial charge is 0.115 e. The Bertz CT molecular complexity index is 539. The van der Waals surface area contributed by atoms with E-state index in [2.05, 4.69) is 46.5 Å². The van der Waals surface area contributed by atoms with Crippen molar-refractivity contribution in [3.8, 4) is 0 Å². The lowest BCUT2D eigenvalue weighted by Gasteiger charge is -2.37. The van der Waals surface area contributed by atoms with Crippen molar-refractivity contribution in [3.05, 3.63) is 59.7 Å². The summed E-state index contributed by atoms with van der Waals surface area (Å²) < 4.78 is 0. The highest BCUT2D eigenvalue weighted by atomic mass is 14.9. The summed E-state index contributed by atoms with van der Waals surface area (Å²) in [5.74, 6) is 0.550. The molecule has 19 heavy (non-hydrogen) atoms. The van der Waals surface area contributed by atoms with Crippen LogP contribution in [-0.4, -0.2) is 16.5 Å². The molecule has 1 aromatic carbocycles. The van der Waals surface area contributed by atoms with Gasteiger partial charge >= 0.3 is 0 Å². The molecule has 0 aliphatic heterocycles. The van der Waals surface area contributed by atoms with E-state index in [-0.39, 0.29) is 0 Å². The lowest BCUT2D eigenvalue weighted by Crippen LogP contribution is -2.33. The van der Waals surface area contributed by atoms with Crippen LogP contribution in [0.15, 0.2) is 43.0 Å². The number of hydrogen-bond acceptors (Lipinski definition) is 3. The molecular formula is C16H19N3. The second kappa shape index (κ2) is 5.49. The molecule has 1 N–H and O–H groups in total. The summed E-state index contributed by atoms with van der Waals surface area (Å²) in [7, 11) is 0. The fraction of sp³-hybridized carbons (Fsp3) is 0.375.